The molecule has 1 aliphatic rings. The third kappa shape index (κ3) is 2.17. The fourth-order valence-electron chi connectivity index (χ4n) is 2.37. The summed E-state index contributed by atoms with van der Waals surface area (Å²) < 4.78 is 26.0. The Kier molecular flexibility index (Phi) is 3.35. The fraction of sp³-hybridized carbons (Fsp3) is 0.545. The molecule has 114 valence electrons. The van der Waals surface area contributed by atoms with Gasteiger partial charge in [-0.1, -0.05) is 0 Å². The molecule has 4 atom stereocenters. The lowest BCUT2D eigenvalue weighted by molar-refractivity contribution is -0.0543. The Labute approximate surface area is 118 Å². The van der Waals surface area contributed by atoms with Crippen molar-refractivity contribution in [1.82, 2.24) is 19.5 Å². The number of anilines is 2. The monoisotopic (exact) mass is 298 g/mol. The predicted octanol–water partition coefficient (Wildman–Crippen LogP) is -0.766. The van der Waals surface area contributed by atoms with Gasteiger partial charge in [0.05, 0.1) is 12.9 Å². The van der Waals surface area contributed by atoms with Gasteiger partial charge in [0.1, 0.15) is 17.7 Å². The van der Waals surface area contributed by atoms with Crippen molar-refractivity contribution < 1.29 is 19.0 Å². The summed E-state index contributed by atoms with van der Waals surface area (Å²) in [6.07, 6.45) is -3.49. The SMILES string of the molecule is COC[C@H]1O[C@@H](n2cnc3c(N)nc(N)nc32)C(F)C1O. The van der Waals surface area contributed by atoms with Crippen molar-refractivity contribution in [2.75, 3.05) is 25.2 Å². The molecule has 5 N–H and O–H groups in total. The number of nitrogen functional groups attached to an aromatic ring is 2. The van der Waals surface area contributed by atoms with Gasteiger partial charge in [-0.2, -0.15) is 9.97 Å². The first kappa shape index (κ1) is 13.9. The van der Waals surface area contributed by atoms with Gasteiger partial charge in [0.15, 0.2) is 23.9 Å². The topological polar surface area (TPSA) is 134 Å². The van der Waals surface area contributed by atoms with Crippen molar-refractivity contribution in [1.29, 1.82) is 0 Å². The van der Waals surface area contributed by atoms with Crippen LogP contribution in [0.5, 0.6) is 0 Å². The zero-order valence-corrected chi connectivity index (χ0v) is 11.2. The van der Waals surface area contributed by atoms with E-state index in [0.717, 1.165) is 0 Å². The van der Waals surface area contributed by atoms with Crippen molar-refractivity contribution in [2.24, 2.45) is 0 Å². The van der Waals surface area contributed by atoms with Crippen LogP contribution in [0.25, 0.3) is 11.2 Å². The van der Waals surface area contributed by atoms with Crippen LogP contribution < -0.4 is 11.5 Å². The Bertz CT molecular complexity index is 665. The number of hydrogen-bond acceptors (Lipinski definition) is 8. The lowest BCUT2D eigenvalue weighted by Gasteiger charge is -2.15. The molecule has 0 aromatic carbocycles. The number of fused-ring (bicyclic) bond motifs is 1. The Balaban J connectivity index is 2.01. The summed E-state index contributed by atoms with van der Waals surface area (Å²) in [5.41, 5.74) is 11.8. The predicted molar refractivity (Wildman–Crippen MR) is 70.8 cm³/mol. The van der Waals surface area contributed by atoms with Gasteiger partial charge in [-0.15, -0.1) is 0 Å². The molecule has 0 aliphatic carbocycles. The van der Waals surface area contributed by atoms with Crippen LogP contribution in [0.4, 0.5) is 16.2 Å². The van der Waals surface area contributed by atoms with Gasteiger partial charge in [-0.3, -0.25) is 4.57 Å². The fourth-order valence-corrected chi connectivity index (χ4v) is 2.37. The highest BCUT2D eigenvalue weighted by atomic mass is 19.1. The van der Waals surface area contributed by atoms with Crippen LogP contribution in [0, 0.1) is 0 Å². The summed E-state index contributed by atoms with van der Waals surface area (Å²) >= 11 is 0. The molecule has 0 amide bonds. The summed E-state index contributed by atoms with van der Waals surface area (Å²) in [5.74, 6) is 0.0443. The van der Waals surface area contributed by atoms with E-state index in [9.17, 15) is 9.50 Å². The maximum absolute atomic E-state index is 14.3. The second-order valence-corrected chi connectivity index (χ2v) is 4.75. The van der Waals surface area contributed by atoms with Crippen molar-refractivity contribution in [3.63, 3.8) is 0 Å². The molecular formula is C11H15FN6O3. The largest absolute Gasteiger partial charge is 0.387 e. The van der Waals surface area contributed by atoms with Crippen LogP contribution in [0.2, 0.25) is 0 Å². The second kappa shape index (κ2) is 5.06. The summed E-state index contributed by atoms with van der Waals surface area (Å²) in [6, 6.07) is 0. The number of hydrogen-bond donors (Lipinski definition) is 3. The summed E-state index contributed by atoms with van der Waals surface area (Å²) in [4.78, 5) is 11.8. The summed E-state index contributed by atoms with van der Waals surface area (Å²) in [5, 5.41) is 9.84. The van der Waals surface area contributed by atoms with Gasteiger partial charge in [0, 0.05) is 7.11 Å². The van der Waals surface area contributed by atoms with E-state index in [1.165, 1.54) is 18.0 Å². The maximum Gasteiger partial charge on any atom is 0.224 e. The van der Waals surface area contributed by atoms with Gasteiger partial charge < -0.3 is 26.0 Å². The first-order valence-electron chi connectivity index (χ1n) is 6.25. The van der Waals surface area contributed by atoms with Gasteiger partial charge in [-0.25, -0.2) is 9.37 Å². The smallest absolute Gasteiger partial charge is 0.224 e. The molecule has 0 radical (unpaired) electrons. The number of imidazole rings is 1. The van der Waals surface area contributed by atoms with Crippen molar-refractivity contribution >= 4 is 22.9 Å². The number of ether oxygens (including phenoxy) is 2. The van der Waals surface area contributed by atoms with Crippen molar-refractivity contribution in [3.05, 3.63) is 6.33 Å². The lowest BCUT2D eigenvalue weighted by Crippen LogP contribution is -2.31. The van der Waals surface area contributed by atoms with Crippen LogP contribution in [0.15, 0.2) is 6.33 Å². The molecule has 0 saturated carbocycles. The molecule has 0 spiro atoms. The third-order valence-electron chi connectivity index (χ3n) is 3.36. The minimum absolute atomic E-state index is 0.0517. The first-order valence-corrected chi connectivity index (χ1v) is 6.25. The standard InChI is InChI=1S/C11H15FN6O3/c1-20-2-4-7(19)5(12)10(21-4)18-3-15-6-8(13)16-11(14)17-9(6)18/h3-5,7,10,19H,2H2,1H3,(H4,13,14,16,17)/t4-,5?,7?,10-/m1/s1. The number of aliphatic hydroxyl groups is 1. The number of rotatable bonds is 3. The Hall–Kier alpha value is -2.04. The number of aromatic nitrogens is 4. The van der Waals surface area contributed by atoms with E-state index in [1.54, 1.807) is 0 Å². The average Bonchev–Trinajstić information content (AvgIpc) is 2.96. The molecule has 2 unspecified atom stereocenters. The minimum Gasteiger partial charge on any atom is -0.387 e. The quantitative estimate of drug-likeness (QED) is 0.672. The maximum atomic E-state index is 14.3. The number of nitrogens with two attached hydrogens (primary N) is 2. The lowest BCUT2D eigenvalue weighted by atomic mass is 10.1. The number of aliphatic hydroxyl groups excluding tert-OH is 1. The normalized spacial score (nSPS) is 29.3. The highest BCUT2D eigenvalue weighted by molar-refractivity contribution is 5.82. The molecule has 1 fully saturated rings. The second-order valence-electron chi connectivity index (χ2n) is 4.75. The molecule has 3 heterocycles. The Morgan fingerprint density at radius 3 is 2.95 bits per heavy atom. The van der Waals surface area contributed by atoms with Crippen LogP contribution in [-0.2, 0) is 9.47 Å². The molecule has 2 aromatic rings. The van der Waals surface area contributed by atoms with Gasteiger partial charge in [0.2, 0.25) is 5.95 Å². The van der Waals surface area contributed by atoms with Crippen LogP contribution in [-0.4, -0.2) is 56.7 Å². The number of alkyl halides is 1. The molecule has 10 heteroatoms. The Morgan fingerprint density at radius 2 is 2.24 bits per heavy atom. The number of nitrogens with zero attached hydrogens (tertiary/aromatic N) is 4. The highest BCUT2D eigenvalue weighted by Crippen LogP contribution is 2.34. The van der Waals surface area contributed by atoms with E-state index in [1.807, 2.05) is 0 Å². The third-order valence-corrected chi connectivity index (χ3v) is 3.36. The molecular weight excluding hydrogens is 283 g/mol. The summed E-state index contributed by atoms with van der Waals surface area (Å²) in [7, 11) is 1.44. The number of methoxy groups -OCH3 is 1. The van der Waals surface area contributed by atoms with Crippen LogP contribution in [0.1, 0.15) is 6.23 Å². The molecule has 3 rings (SSSR count). The summed E-state index contributed by atoms with van der Waals surface area (Å²) in [6.45, 7) is 0.0734. The van der Waals surface area contributed by atoms with Crippen molar-refractivity contribution in [2.45, 2.75) is 24.6 Å². The molecule has 2 aromatic heterocycles. The van der Waals surface area contributed by atoms with E-state index in [0.29, 0.717) is 5.52 Å². The van der Waals surface area contributed by atoms with Gasteiger partial charge in [-0.05, 0) is 0 Å². The Morgan fingerprint density at radius 1 is 1.48 bits per heavy atom. The zero-order valence-electron chi connectivity index (χ0n) is 11.2. The van der Waals surface area contributed by atoms with E-state index in [4.69, 9.17) is 20.9 Å². The molecule has 1 saturated heterocycles. The van der Waals surface area contributed by atoms with E-state index >= 15 is 0 Å². The van der Waals surface area contributed by atoms with Gasteiger partial charge in [0.25, 0.3) is 0 Å². The van der Waals surface area contributed by atoms with Gasteiger partial charge >= 0.3 is 0 Å². The molecule has 0 bridgehead atoms. The average molecular weight is 298 g/mol. The number of halogens is 1. The van der Waals surface area contributed by atoms with E-state index in [2.05, 4.69) is 15.0 Å². The van der Waals surface area contributed by atoms with Crippen LogP contribution >= 0.6 is 0 Å². The zero-order chi connectivity index (χ0) is 15.1. The first-order chi connectivity index (χ1) is 10.0. The van der Waals surface area contributed by atoms with E-state index in [-0.39, 0.29) is 24.0 Å². The molecule has 1 aliphatic heterocycles. The van der Waals surface area contributed by atoms with Crippen LogP contribution in [0.3, 0.4) is 0 Å². The minimum atomic E-state index is -1.65. The molecule has 9 nitrogen and oxygen atoms in total. The van der Waals surface area contributed by atoms with Crippen molar-refractivity contribution in [3.8, 4) is 0 Å². The highest BCUT2D eigenvalue weighted by Gasteiger charge is 2.45. The van der Waals surface area contributed by atoms with E-state index < -0.39 is 24.6 Å². The molecule has 21 heavy (non-hydrogen) atoms.